The van der Waals surface area contributed by atoms with Crippen LogP contribution in [0.1, 0.15) is 0 Å². The number of hydrogen-bond donors (Lipinski definition) is 0. The smallest absolute Gasteiger partial charge is 0.0285 e. The second kappa shape index (κ2) is 6.94. The minimum Gasteiger partial charge on any atom is -0.0888 e. The molecule has 5 aromatic carbocycles. The molecule has 0 aromatic heterocycles. The second-order valence-corrected chi connectivity index (χ2v) is 7.66. The quantitative estimate of drug-likeness (QED) is 0.295. The van der Waals surface area contributed by atoms with E-state index in [2.05, 4.69) is 109 Å². The highest BCUT2D eigenvalue weighted by Crippen LogP contribution is 2.45. The van der Waals surface area contributed by atoms with Crippen LogP contribution in [0.3, 0.4) is 0 Å². The van der Waals surface area contributed by atoms with Gasteiger partial charge in [-0.1, -0.05) is 109 Å². The van der Waals surface area contributed by atoms with Crippen molar-refractivity contribution in [3.05, 3.63) is 109 Å². The highest BCUT2D eigenvalue weighted by Gasteiger charge is 2.16. The SMILES string of the molecule is c1ccc(Sc2c(-c3ccccc3)c3ccccc3c3ccccc23)cc1. The maximum absolute atomic E-state index is 2.25. The zero-order valence-electron chi connectivity index (χ0n) is 14.8. The van der Waals surface area contributed by atoms with Gasteiger partial charge in [0, 0.05) is 15.4 Å². The van der Waals surface area contributed by atoms with Crippen molar-refractivity contribution in [2.24, 2.45) is 0 Å². The van der Waals surface area contributed by atoms with Crippen molar-refractivity contribution in [2.75, 3.05) is 0 Å². The van der Waals surface area contributed by atoms with E-state index < -0.39 is 0 Å². The first kappa shape index (κ1) is 16.2. The summed E-state index contributed by atoms with van der Waals surface area (Å²) in [7, 11) is 0. The molecule has 0 saturated carbocycles. The maximum Gasteiger partial charge on any atom is 0.0285 e. The topological polar surface area (TPSA) is 0 Å². The maximum atomic E-state index is 2.25. The normalized spacial score (nSPS) is 11.1. The lowest BCUT2D eigenvalue weighted by Crippen LogP contribution is -1.89. The molecule has 0 amide bonds. The lowest BCUT2D eigenvalue weighted by Gasteiger charge is -2.17. The van der Waals surface area contributed by atoms with E-state index in [0.717, 1.165) is 0 Å². The van der Waals surface area contributed by atoms with Crippen LogP contribution in [0.5, 0.6) is 0 Å². The third-order valence-corrected chi connectivity index (χ3v) is 6.05. The van der Waals surface area contributed by atoms with E-state index in [0.29, 0.717) is 0 Å². The van der Waals surface area contributed by atoms with Crippen LogP contribution in [0.2, 0.25) is 0 Å². The molecule has 0 bridgehead atoms. The fourth-order valence-corrected chi connectivity index (χ4v) is 4.86. The van der Waals surface area contributed by atoms with Crippen molar-refractivity contribution in [3.8, 4) is 11.1 Å². The minimum atomic E-state index is 1.26. The van der Waals surface area contributed by atoms with E-state index in [9.17, 15) is 0 Å². The molecule has 0 aliphatic heterocycles. The highest BCUT2D eigenvalue weighted by atomic mass is 32.2. The molecule has 0 N–H and O–H groups in total. The van der Waals surface area contributed by atoms with Gasteiger partial charge in [-0.2, -0.15) is 0 Å². The molecule has 0 spiro atoms. The van der Waals surface area contributed by atoms with Crippen LogP contribution in [-0.2, 0) is 0 Å². The van der Waals surface area contributed by atoms with Gasteiger partial charge in [0.2, 0.25) is 0 Å². The average molecular weight is 362 g/mol. The van der Waals surface area contributed by atoms with Crippen LogP contribution in [0.15, 0.2) is 119 Å². The Bertz CT molecular complexity index is 1220. The molecular weight excluding hydrogens is 344 g/mol. The molecule has 5 aromatic rings. The zero-order valence-corrected chi connectivity index (χ0v) is 15.6. The summed E-state index contributed by atoms with van der Waals surface area (Å²) in [5.41, 5.74) is 2.58. The first-order chi connectivity index (χ1) is 13.4. The van der Waals surface area contributed by atoms with Gasteiger partial charge in [-0.05, 0) is 39.2 Å². The monoisotopic (exact) mass is 362 g/mol. The molecule has 128 valence electrons. The van der Waals surface area contributed by atoms with E-state index in [1.165, 1.54) is 42.5 Å². The summed E-state index contributed by atoms with van der Waals surface area (Å²) in [6, 6.07) is 38.9. The Morgan fingerprint density at radius 1 is 0.407 bits per heavy atom. The molecule has 1 heteroatoms. The molecule has 0 aliphatic carbocycles. The van der Waals surface area contributed by atoms with E-state index in [-0.39, 0.29) is 0 Å². The molecule has 0 fully saturated rings. The predicted molar refractivity (Wildman–Crippen MR) is 117 cm³/mol. The van der Waals surface area contributed by atoms with Gasteiger partial charge in [-0.25, -0.2) is 0 Å². The van der Waals surface area contributed by atoms with Crippen LogP contribution in [0.25, 0.3) is 32.7 Å². The standard InChI is InChI=1S/C26H18S/c1-3-11-19(12-4-1)25-23-17-9-7-15-21(23)22-16-8-10-18-24(22)26(25)27-20-13-5-2-6-14-20/h1-18H. The second-order valence-electron chi connectivity index (χ2n) is 6.58. The van der Waals surface area contributed by atoms with Crippen molar-refractivity contribution < 1.29 is 0 Å². The van der Waals surface area contributed by atoms with Crippen molar-refractivity contribution in [1.29, 1.82) is 0 Å². The summed E-state index contributed by atoms with van der Waals surface area (Å²) in [5.74, 6) is 0. The van der Waals surface area contributed by atoms with E-state index >= 15 is 0 Å². The van der Waals surface area contributed by atoms with E-state index in [4.69, 9.17) is 0 Å². The summed E-state index contributed by atoms with van der Waals surface area (Å²) in [5, 5.41) is 5.24. The van der Waals surface area contributed by atoms with E-state index in [1.54, 1.807) is 0 Å². The molecule has 0 aliphatic rings. The molecule has 0 unspecified atom stereocenters. The van der Waals surface area contributed by atoms with Gasteiger partial charge in [0.15, 0.2) is 0 Å². The summed E-state index contributed by atoms with van der Waals surface area (Å²) in [4.78, 5) is 2.58. The molecule has 0 saturated heterocycles. The number of hydrogen-bond acceptors (Lipinski definition) is 1. The highest BCUT2D eigenvalue weighted by molar-refractivity contribution is 7.99. The van der Waals surface area contributed by atoms with Gasteiger partial charge in [0.25, 0.3) is 0 Å². The van der Waals surface area contributed by atoms with Crippen molar-refractivity contribution in [3.63, 3.8) is 0 Å². The molecule has 0 heterocycles. The average Bonchev–Trinajstić information content (AvgIpc) is 2.75. The van der Waals surface area contributed by atoms with Gasteiger partial charge < -0.3 is 0 Å². The van der Waals surface area contributed by atoms with Crippen LogP contribution >= 0.6 is 11.8 Å². The lowest BCUT2D eigenvalue weighted by molar-refractivity contribution is 1.44. The van der Waals surface area contributed by atoms with Gasteiger partial charge in [-0.15, -0.1) is 0 Å². The van der Waals surface area contributed by atoms with Crippen LogP contribution in [-0.4, -0.2) is 0 Å². The van der Waals surface area contributed by atoms with Crippen molar-refractivity contribution in [1.82, 2.24) is 0 Å². The Balaban J connectivity index is 1.92. The Hall–Kier alpha value is -3.03. The van der Waals surface area contributed by atoms with Crippen molar-refractivity contribution >= 4 is 33.3 Å². The molecule has 0 nitrogen and oxygen atoms in total. The first-order valence-corrected chi connectivity index (χ1v) is 9.95. The lowest BCUT2D eigenvalue weighted by atomic mass is 9.93. The summed E-state index contributed by atoms with van der Waals surface area (Å²) in [6.45, 7) is 0. The zero-order chi connectivity index (χ0) is 18.1. The van der Waals surface area contributed by atoms with Crippen LogP contribution in [0.4, 0.5) is 0 Å². The van der Waals surface area contributed by atoms with Crippen LogP contribution < -0.4 is 0 Å². The fourth-order valence-electron chi connectivity index (χ4n) is 3.71. The summed E-state index contributed by atoms with van der Waals surface area (Å²) < 4.78 is 0. The summed E-state index contributed by atoms with van der Waals surface area (Å²) >= 11 is 1.85. The number of fused-ring (bicyclic) bond motifs is 3. The third-order valence-electron chi connectivity index (χ3n) is 4.91. The van der Waals surface area contributed by atoms with Gasteiger partial charge >= 0.3 is 0 Å². The Kier molecular flexibility index (Phi) is 4.16. The van der Waals surface area contributed by atoms with Gasteiger partial charge in [-0.3, -0.25) is 0 Å². The van der Waals surface area contributed by atoms with Gasteiger partial charge in [0.05, 0.1) is 0 Å². The molecule has 0 radical (unpaired) electrons. The third kappa shape index (κ3) is 2.90. The predicted octanol–water partition coefficient (Wildman–Crippen LogP) is 7.81. The molecular formula is C26H18S. The van der Waals surface area contributed by atoms with E-state index in [1.807, 2.05) is 11.8 Å². The molecule has 5 rings (SSSR count). The Morgan fingerprint density at radius 2 is 0.889 bits per heavy atom. The fraction of sp³-hybridized carbons (Fsp3) is 0. The van der Waals surface area contributed by atoms with Crippen LogP contribution in [0, 0.1) is 0 Å². The largest absolute Gasteiger partial charge is 0.0888 e. The van der Waals surface area contributed by atoms with Crippen molar-refractivity contribution in [2.45, 2.75) is 9.79 Å². The van der Waals surface area contributed by atoms with Gasteiger partial charge in [0.1, 0.15) is 0 Å². The minimum absolute atomic E-state index is 1.26. The Morgan fingerprint density at radius 3 is 1.56 bits per heavy atom. The Labute approximate surface area is 163 Å². The summed E-state index contributed by atoms with van der Waals surface area (Å²) in [6.07, 6.45) is 0. The molecule has 0 atom stereocenters. The first-order valence-electron chi connectivity index (χ1n) is 9.13. The number of rotatable bonds is 3. The molecule has 27 heavy (non-hydrogen) atoms. The number of benzene rings is 5.